The number of aliphatic carboxylic acids is 1. The standard InChI is InChI=1S/C10H12BrNO5S2/c1-6-7(4-8(11)18-6)19(15,16)12-10(9(13)14)2-3-17-5-10/h4,12H,2-3,5H2,1H3,(H,13,14). The minimum absolute atomic E-state index is 0.0944. The van der Waals surface area contributed by atoms with Crippen LogP contribution in [0, 0.1) is 6.92 Å². The summed E-state index contributed by atoms with van der Waals surface area (Å²) in [5, 5.41) is 9.23. The summed E-state index contributed by atoms with van der Waals surface area (Å²) in [6, 6.07) is 1.47. The zero-order chi connectivity index (χ0) is 14.3. The van der Waals surface area contributed by atoms with Crippen LogP contribution in [0.25, 0.3) is 0 Å². The Morgan fingerprint density at radius 2 is 2.32 bits per heavy atom. The molecule has 19 heavy (non-hydrogen) atoms. The van der Waals surface area contributed by atoms with Crippen molar-refractivity contribution in [3.05, 3.63) is 14.7 Å². The molecular weight excluding hydrogens is 358 g/mol. The first-order valence-electron chi connectivity index (χ1n) is 5.38. The van der Waals surface area contributed by atoms with Gasteiger partial charge in [0.25, 0.3) is 0 Å². The number of hydrogen-bond acceptors (Lipinski definition) is 5. The van der Waals surface area contributed by atoms with E-state index in [0.717, 1.165) is 0 Å². The molecule has 0 aliphatic carbocycles. The van der Waals surface area contributed by atoms with Crippen LogP contribution in [0.2, 0.25) is 0 Å². The average molecular weight is 370 g/mol. The van der Waals surface area contributed by atoms with E-state index in [-0.39, 0.29) is 24.5 Å². The largest absolute Gasteiger partial charge is 0.480 e. The van der Waals surface area contributed by atoms with E-state index in [0.29, 0.717) is 8.66 Å². The topological polar surface area (TPSA) is 92.7 Å². The van der Waals surface area contributed by atoms with Crippen molar-refractivity contribution in [3.63, 3.8) is 0 Å². The third-order valence-electron chi connectivity index (χ3n) is 2.89. The van der Waals surface area contributed by atoms with Gasteiger partial charge in [-0.1, -0.05) is 0 Å². The summed E-state index contributed by atoms with van der Waals surface area (Å²) in [6.07, 6.45) is 0.117. The molecule has 106 valence electrons. The zero-order valence-electron chi connectivity index (χ0n) is 9.97. The van der Waals surface area contributed by atoms with Gasteiger partial charge in [0, 0.05) is 17.9 Å². The predicted octanol–water partition coefficient (Wildman–Crippen LogP) is 1.34. The molecule has 1 aromatic rings. The molecule has 1 unspecified atom stereocenters. The van der Waals surface area contributed by atoms with Crippen molar-refractivity contribution in [2.24, 2.45) is 0 Å². The Kier molecular flexibility index (Phi) is 4.03. The van der Waals surface area contributed by atoms with Crippen molar-refractivity contribution in [1.82, 2.24) is 4.72 Å². The molecule has 6 nitrogen and oxygen atoms in total. The molecule has 2 heterocycles. The van der Waals surface area contributed by atoms with Gasteiger partial charge in [0.1, 0.15) is 0 Å². The summed E-state index contributed by atoms with van der Waals surface area (Å²) in [4.78, 5) is 12.0. The minimum atomic E-state index is -3.89. The number of carboxylic acid groups (broad SMARTS) is 1. The van der Waals surface area contributed by atoms with Gasteiger partial charge in [-0.2, -0.15) is 4.72 Å². The summed E-state index contributed by atoms with van der Waals surface area (Å²) in [6.45, 7) is 1.73. The molecule has 1 aliphatic rings. The second-order valence-electron chi connectivity index (χ2n) is 4.27. The number of halogens is 1. The van der Waals surface area contributed by atoms with Gasteiger partial charge in [-0.3, -0.25) is 4.79 Å². The maximum atomic E-state index is 12.3. The summed E-state index contributed by atoms with van der Waals surface area (Å²) in [7, 11) is -3.89. The maximum absolute atomic E-state index is 12.3. The van der Waals surface area contributed by atoms with E-state index in [4.69, 9.17) is 4.74 Å². The van der Waals surface area contributed by atoms with Gasteiger partial charge in [-0.05, 0) is 28.9 Å². The van der Waals surface area contributed by atoms with Crippen LogP contribution in [-0.2, 0) is 19.6 Å². The second kappa shape index (κ2) is 5.13. The highest BCUT2D eigenvalue weighted by atomic mass is 79.9. The molecule has 0 aromatic carbocycles. The van der Waals surface area contributed by atoms with Gasteiger partial charge >= 0.3 is 5.97 Å². The molecule has 0 radical (unpaired) electrons. The molecule has 0 amide bonds. The number of ether oxygens (including phenoxy) is 1. The molecule has 1 aromatic heterocycles. The molecule has 1 saturated heterocycles. The van der Waals surface area contributed by atoms with Crippen molar-refractivity contribution in [2.75, 3.05) is 13.2 Å². The van der Waals surface area contributed by atoms with E-state index in [9.17, 15) is 18.3 Å². The Balaban J connectivity index is 2.36. The van der Waals surface area contributed by atoms with Crippen LogP contribution in [0.15, 0.2) is 14.7 Å². The highest BCUT2D eigenvalue weighted by Crippen LogP contribution is 2.31. The molecular formula is C10H12BrNO5S2. The highest BCUT2D eigenvalue weighted by molar-refractivity contribution is 9.11. The lowest BCUT2D eigenvalue weighted by molar-refractivity contribution is -0.144. The summed E-state index contributed by atoms with van der Waals surface area (Å²) < 4.78 is 32.6. The fraction of sp³-hybridized carbons (Fsp3) is 0.500. The maximum Gasteiger partial charge on any atom is 0.327 e. The lowest BCUT2D eigenvalue weighted by Crippen LogP contribution is -2.55. The van der Waals surface area contributed by atoms with Gasteiger partial charge in [0.15, 0.2) is 5.54 Å². The Morgan fingerprint density at radius 1 is 1.63 bits per heavy atom. The molecule has 2 N–H and O–H groups in total. The number of aryl methyl sites for hydroxylation is 1. The Labute approximate surface area is 123 Å². The Morgan fingerprint density at radius 3 is 2.74 bits per heavy atom. The monoisotopic (exact) mass is 369 g/mol. The van der Waals surface area contributed by atoms with Crippen molar-refractivity contribution in [1.29, 1.82) is 0 Å². The molecule has 9 heteroatoms. The second-order valence-corrected chi connectivity index (χ2v) is 8.55. The van der Waals surface area contributed by atoms with Crippen molar-refractivity contribution in [2.45, 2.75) is 23.8 Å². The number of hydrogen-bond donors (Lipinski definition) is 2. The average Bonchev–Trinajstić information content (AvgIpc) is 2.86. The van der Waals surface area contributed by atoms with Crippen LogP contribution in [0.1, 0.15) is 11.3 Å². The zero-order valence-corrected chi connectivity index (χ0v) is 13.2. The van der Waals surface area contributed by atoms with E-state index in [1.165, 1.54) is 17.4 Å². The van der Waals surface area contributed by atoms with Gasteiger partial charge in [0.05, 0.1) is 15.3 Å². The van der Waals surface area contributed by atoms with E-state index in [1.54, 1.807) is 6.92 Å². The van der Waals surface area contributed by atoms with Crippen molar-refractivity contribution in [3.8, 4) is 0 Å². The smallest absolute Gasteiger partial charge is 0.327 e. The SMILES string of the molecule is Cc1sc(Br)cc1S(=O)(=O)NC1(C(=O)O)CCOC1. The van der Waals surface area contributed by atoms with Crippen LogP contribution in [0.5, 0.6) is 0 Å². The minimum Gasteiger partial charge on any atom is -0.480 e. The molecule has 1 atom stereocenters. The molecule has 2 rings (SSSR count). The van der Waals surface area contributed by atoms with Gasteiger partial charge in [-0.25, -0.2) is 8.42 Å². The first-order chi connectivity index (χ1) is 8.77. The first-order valence-corrected chi connectivity index (χ1v) is 8.47. The first kappa shape index (κ1) is 14.9. The molecule has 1 aliphatic heterocycles. The number of sulfonamides is 1. The van der Waals surface area contributed by atoms with E-state index < -0.39 is 21.5 Å². The fourth-order valence-corrected chi connectivity index (χ4v) is 5.66. The molecule has 0 spiro atoms. The third-order valence-corrected chi connectivity index (χ3v) is 6.24. The number of rotatable bonds is 4. The van der Waals surface area contributed by atoms with Crippen LogP contribution >= 0.6 is 27.3 Å². The summed E-state index contributed by atoms with van der Waals surface area (Å²) in [5.74, 6) is -1.22. The summed E-state index contributed by atoms with van der Waals surface area (Å²) >= 11 is 4.50. The predicted molar refractivity (Wildman–Crippen MR) is 72.9 cm³/mol. The quantitative estimate of drug-likeness (QED) is 0.835. The van der Waals surface area contributed by atoms with Gasteiger partial charge < -0.3 is 9.84 Å². The number of nitrogens with one attached hydrogen (secondary N) is 1. The molecule has 1 fully saturated rings. The van der Waals surface area contributed by atoms with Crippen LogP contribution in [0.3, 0.4) is 0 Å². The van der Waals surface area contributed by atoms with Gasteiger partial charge in [0.2, 0.25) is 10.0 Å². The third kappa shape index (κ3) is 2.84. The van der Waals surface area contributed by atoms with E-state index >= 15 is 0 Å². The Hall–Kier alpha value is -0.480. The van der Waals surface area contributed by atoms with Crippen LogP contribution in [-0.4, -0.2) is 38.2 Å². The van der Waals surface area contributed by atoms with Crippen molar-refractivity contribution < 1.29 is 23.1 Å². The Bertz CT molecular complexity index is 603. The highest BCUT2D eigenvalue weighted by Gasteiger charge is 2.46. The molecule has 0 saturated carbocycles. The summed E-state index contributed by atoms with van der Waals surface area (Å²) in [5.41, 5.74) is -1.57. The molecule has 0 bridgehead atoms. The van der Waals surface area contributed by atoms with Crippen LogP contribution < -0.4 is 4.72 Å². The number of thiophene rings is 1. The lowest BCUT2D eigenvalue weighted by Gasteiger charge is -2.23. The lowest BCUT2D eigenvalue weighted by atomic mass is 10.0. The number of carbonyl (C=O) groups is 1. The number of carboxylic acids is 1. The van der Waals surface area contributed by atoms with Crippen LogP contribution in [0.4, 0.5) is 0 Å². The fourth-order valence-electron chi connectivity index (χ4n) is 1.87. The van der Waals surface area contributed by atoms with E-state index in [2.05, 4.69) is 20.7 Å². The van der Waals surface area contributed by atoms with E-state index in [1.807, 2.05) is 0 Å². The van der Waals surface area contributed by atoms with Gasteiger partial charge in [-0.15, -0.1) is 11.3 Å². The normalized spacial score (nSPS) is 23.7. The van der Waals surface area contributed by atoms with Crippen molar-refractivity contribution >= 4 is 43.3 Å².